The number of nitrogens with zero attached hydrogens (tertiary/aromatic N) is 4. The van der Waals surface area contributed by atoms with Crippen LogP contribution in [0.5, 0.6) is 0 Å². The minimum absolute atomic E-state index is 0.0490. The summed E-state index contributed by atoms with van der Waals surface area (Å²) in [5, 5.41) is 2.02. The monoisotopic (exact) mass is 441 g/mol. The number of thiazole rings is 1. The summed E-state index contributed by atoms with van der Waals surface area (Å²) < 4.78 is 0.995. The van der Waals surface area contributed by atoms with Gasteiger partial charge < -0.3 is 14.8 Å². The maximum atomic E-state index is 12.9. The van der Waals surface area contributed by atoms with Gasteiger partial charge in [-0.15, -0.1) is 0 Å². The topological polar surface area (TPSA) is 65.1 Å². The summed E-state index contributed by atoms with van der Waals surface area (Å²) >= 11 is 5.07. The summed E-state index contributed by atoms with van der Waals surface area (Å²) in [4.78, 5) is 30.2. The van der Waals surface area contributed by atoms with Gasteiger partial charge in [-0.05, 0) is 30.3 Å². The number of benzene rings is 1. The molecule has 4 aromatic rings. The van der Waals surface area contributed by atoms with Crippen LogP contribution in [-0.2, 0) is 0 Å². The first-order valence-corrected chi connectivity index (χ1v) is 10.3. The van der Waals surface area contributed by atoms with Gasteiger partial charge in [-0.2, -0.15) is 0 Å². The van der Waals surface area contributed by atoms with Crippen molar-refractivity contribution in [1.82, 2.24) is 19.9 Å². The highest BCUT2D eigenvalue weighted by Crippen LogP contribution is 2.28. The summed E-state index contributed by atoms with van der Waals surface area (Å²) in [7, 11) is 0. The molecule has 0 saturated carbocycles. The summed E-state index contributed by atoms with van der Waals surface area (Å²) in [5.41, 5.74) is 2.54. The lowest BCUT2D eigenvalue weighted by Gasteiger charge is -2.34. The Kier molecular flexibility index (Phi) is 4.09. The molecule has 1 saturated heterocycles. The zero-order valence-corrected chi connectivity index (χ0v) is 16.8. The van der Waals surface area contributed by atoms with Gasteiger partial charge in [0, 0.05) is 47.8 Å². The molecule has 3 aromatic heterocycles. The normalized spacial score (nSPS) is 15.0. The quantitative estimate of drug-likeness (QED) is 0.512. The largest absolute Gasteiger partial charge is 0.350 e. The van der Waals surface area contributed by atoms with Crippen molar-refractivity contribution in [3.05, 3.63) is 52.8 Å². The zero-order valence-electron chi connectivity index (χ0n) is 14.4. The fourth-order valence-corrected chi connectivity index (χ4v) is 4.70. The van der Waals surface area contributed by atoms with Gasteiger partial charge in [-0.3, -0.25) is 4.79 Å². The molecule has 0 spiro atoms. The minimum Gasteiger partial charge on any atom is -0.350 e. The maximum absolute atomic E-state index is 12.9. The van der Waals surface area contributed by atoms with Gasteiger partial charge in [0.2, 0.25) is 0 Å². The highest BCUT2D eigenvalue weighted by Gasteiger charge is 2.25. The van der Waals surface area contributed by atoms with Crippen molar-refractivity contribution < 1.29 is 4.79 Å². The Bertz CT molecular complexity index is 1110. The number of rotatable bonds is 2. The van der Waals surface area contributed by atoms with E-state index in [-0.39, 0.29) is 5.91 Å². The molecule has 136 valence electrons. The number of piperazine rings is 1. The molecule has 1 amide bonds. The van der Waals surface area contributed by atoms with Gasteiger partial charge in [0.25, 0.3) is 5.91 Å². The van der Waals surface area contributed by atoms with Crippen LogP contribution >= 0.6 is 27.3 Å². The third kappa shape index (κ3) is 3.08. The Labute approximate surface area is 168 Å². The Balaban J connectivity index is 1.31. The molecular weight excluding hydrogens is 426 g/mol. The van der Waals surface area contributed by atoms with Gasteiger partial charge in [0.1, 0.15) is 16.0 Å². The molecule has 0 atom stereocenters. The summed E-state index contributed by atoms with van der Waals surface area (Å²) in [6, 6.07) is 11.8. The Morgan fingerprint density at radius 2 is 2.00 bits per heavy atom. The van der Waals surface area contributed by atoms with Gasteiger partial charge in [0.15, 0.2) is 5.13 Å². The van der Waals surface area contributed by atoms with Crippen molar-refractivity contribution in [2.45, 2.75) is 0 Å². The minimum atomic E-state index is 0.0490. The highest BCUT2D eigenvalue weighted by atomic mass is 79.9. The van der Waals surface area contributed by atoms with E-state index >= 15 is 0 Å². The molecule has 0 unspecified atom stereocenters. The number of nitrogens with one attached hydrogen (secondary N) is 1. The molecule has 0 radical (unpaired) electrons. The van der Waals surface area contributed by atoms with E-state index in [0.29, 0.717) is 18.8 Å². The molecule has 0 aliphatic carbocycles. The number of aromatic amines is 1. The smallest absolute Gasteiger partial charge is 0.270 e. The fourth-order valence-electron chi connectivity index (χ4n) is 3.38. The molecule has 1 fully saturated rings. The predicted molar refractivity (Wildman–Crippen MR) is 112 cm³/mol. The SMILES string of the molecule is O=C(c1cc2ccc(Br)cc2[nH]1)N1CCN(c2nc3cccnc3s2)CC1. The van der Waals surface area contributed by atoms with E-state index in [1.165, 1.54) is 0 Å². The molecule has 1 aromatic carbocycles. The van der Waals surface area contributed by atoms with E-state index in [9.17, 15) is 4.79 Å². The highest BCUT2D eigenvalue weighted by molar-refractivity contribution is 9.10. The molecule has 1 N–H and O–H groups in total. The molecule has 0 bridgehead atoms. The van der Waals surface area contributed by atoms with Crippen LogP contribution in [0.2, 0.25) is 0 Å². The van der Waals surface area contributed by atoms with E-state index < -0.39 is 0 Å². The summed E-state index contributed by atoms with van der Waals surface area (Å²) in [5.74, 6) is 0.0490. The predicted octanol–water partition coefficient (Wildman–Crippen LogP) is 3.90. The van der Waals surface area contributed by atoms with Crippen molar-refractivity contribution in [1.29, 1.82) is 0 Å². The number of hydrogen-bond acceptors (Lipinski definition) is 5. The number of aromatic nitrogens is 3. The Hall–Kier alpha value is -2.45. The fraction of sp³-hybridized carbons (Fsp3) is 0.211. The lowest BCUT2D eigenvalue weighted by molar-refractivity contribution is 0.0742. The average molecular weight is 442 g/mol. The first kappa shape index (κ1) is 16.7. The van der Waals surface area contributed by atoms with Gasteiger partial charge in [0.05, 0.1) is 0 Å². The number of hydrogen-bond donors (Lipinski definition) is 1. The molecule has 5 rings (SSSR count). The summed E-state index contributed by atoms with van der Waals surface area (Å²) in [6.45, 7) is 2.91. The number of pyridine rings is 1. The zero-order chi connectivity index (χ0) is 18.4. The van der Waals surface area contributed by atoms with Gasteiger partial charge in [-0.25, -0.2) is 9.97 Å². The first-order chi connectivity index (χ1) is 13.2. The second kappa shape index (κ2) is 6.61. The van der Waals surface area contributed by atoms with E-state index in [1.807, 2.05) is 41.3 Å². The molecule has 4 heterocycles. The number of H-pyrrole nitrogens is 1. The van der Waals surface area contributed by atoms with Crippen molar-refractivity contribution in [2.75, 3.05) is 31.1 Å². The van der Waals surface area contributed by atoms with Crippen molar-refractivity contribution in [2.24, 2.45) is 0 Å². The standard InChI is InChI=1S/C19H16BrN5OS/c20-13-4-3-12-10-16(22-15(12)11-13)18(26)24-6-8-25(9-7-24)19-23-14-2-1-5-21-17(14)27-19/h1-5,10-11,22H,6-9H2. The number of fused-ring (bicyclic) bond motifs is 2. The van der Waals surface area contributed by atoms with Crippen LogP contribution in [0.25, 0.3) is 21.3 Å². The average Bonchev–Trinajstić information content (AvgIpc) is 3.31. The van der Waals surface area contributed by atoms with Crippen molar-refractivity contribution >= 4 is 59.6 Å². The molecule has 27 heavy (non-hydrogen) atoms. The van der Waals surface area contributed by atoms with E-state index in [4.69, 9.17) is 0 Å². The van der Waals surface area contributed by atoms with Crippen LogP contribution in [0.1, 0.15) is 10.5 Å². The lowest BCUT2D eigenvalue weighted by Crippen LogP contribution is -2.48. The van der Waals surface area contributed by atoms with Gasteiger partial charge >= 0.3 is 0 Å². The number of anilines is 1. The van der Waals surface area contributed by atoms with Crippen LogP contribution < -0.4 is 4.90 Å². The number of amides is 1. The molecular formula is C19H16BrN5OS. The molecule has 1 aliphatic rings. The Morgan fingerprint density at radius 1 is 1.15 bits per heavy atom. The number of carbonyl (C=O) groups is 1. The van der Waals surface area contributed by atoms with E-state index in [2.05, 4.69) is 35.8 Å². The van der Waals surface area contributed by atoms with Crippen LogP contribution in [0, 0.1) is 0 Å². The van der Waals surface area contributed by atoms with Crippen LogP contribution in [0.4, 0.5) is 5.13 Å². The second-order valence-corrected chi connectivity index (χ2v) is 8.39. The third-order valence-corrected chi connectivity index (χ3v) is 6.34. The van der Waals surface area contributed by atoms with Crippen LogP contribution in [0.3, 0.4) is 0 Å². The molecule has 8 heteroatoms. The third-order valence-electron chi connectivity index (χ3n) is 4.81. The number of halogens is 1. The van der Waals surface area contributed by atoms with E-state index in [0.717, 1.165) is 43.9 Å². The maximum Gasteiger partial charge on any atom is 0.270 e. The first-order valence-electron chi connectivity index (χ1n) is 8.71. The Morgan fingerprint density at radius 3 is 2.81 bits per heavy atom. The lowest BCUT2D eigenvalue weighted by atomic mass is 10.2. The summed E-state index contributed by atoms with van der Waals surface area (Å²) in [6.07, 6.45) is 1.79. The van der Waals surface area contributed by atoms with Gasteiger partial charge in [-0.1, -0.05) is 33.3 Å². The van der Waals surface area contributed by atoms with Crippen molar-refractivity contribution in [3.63, 3.8) is 0 Å². The van der Waals surface area contributed by atoms with E-state index in [1.54, 1.807) is 17.5 Å². The van der Waals surface area contributed by atoms with Crippen LogP contribution in [-0.4, -0.2) is 51.9 Å². The second-order valence-electron chi connectivity index (χ2n) is 6.52. The van der Waals surface area contributed by atoms with Crippen molar-refractivity contribution in [3.8, 4) is 0 Å². The number of carbonyl (C=O) groups excluding carboxylic acids is 1. The molecule has 6 nitrogen and oxygen atoms in total. The molecule has 1 aliphatic heterocycles. The van der Waals surface area contributed by atoms with Crippen LogP contribution in [0.15, 0.2) is 47.1 Å².